The summed E-state index contributed by atoms with van der Waals surface area (Å²) in [7, 11) is 0. The molecule has 0 amide bonds. The molecule has 8 heteroatoms. The van der Waals surface area contributed by atoms with E-state index in [1.54, 1.807) is 13.1 Å². The number of anilines is 1. The average Bonchev–Trinajstić information content (AvgIpc) is 2.87. The zero-order valence-corrected chi connectivity index (χ0v) is 12.4. The molecular formula is C13H14FN3O3S. The third-order valence-corrected chi connectivity index (χ3v) is 3.63. The van der Waals surface area contributed by atoms with Gasteiger partial charge in [0.05, 0.1) is 15.9 Å². The average molecular weight is 311 g/mol. The van der Waals surface area contributed by atoms with Gasteiger partial charge in [-0.05, 0) is 19.9 Å². The van der Waals surface area contributed by atoms with Gasteiger partial charge >= 0.3 is 0 Å². The summed E-state index contributed by atoms with van der Waals surface area (Å²) in [4.78, 5) is 15.1. The molecule has 1 aromatic carbocycles. The molecule has 0 bridgehead atoms. The first kappa shape index (κ1) is 15.2. The lowest BCUT2D eigenvalue weighted by molar-refractivity contribution is -0.385. The van der Waals surface area contributed by atoms with Crippen LogP contribution in [0.25, 0.3) is 0 Å². The van der Waals surface area contributed by atoms with Crippen molar-refractivity contribution in [2.75, 3.05) is 11.9 Å². The number of thiazole rings is 1. The van der Waals surface area contributed by atoms with E-state index in [4.69, 9.17) is 4.74 Å². The van der Waals surface area contributed by atoms with Crippen molar-refractivity contribution >= 4 is 22.2 Å². The van der Waals surface area contributed by atoms with Gasteiger partial charge in [0.15, 0.2) is 16.7 Å². The highest BCUT2D eigenvalue weighted by Crippen LogP contribution is 2.28. The molecule has 0 saturated carbocycles. The van der Waals surface area contributed by atoms with Crippen LogP contribution in [0.3, 0.4) is 0 Å². The first-order valence-electron chi connectivity index (χ1n) is 6.27. The normalized spacial score (nSPS) is 10.4. The predicted octanol–water partition coefficient (Wildman–Crippen LogP) is 3.51. The summed E-state index contributed by atoms with van der Waals surface area (Å²) in [5.41, 5.74) is 0.0983. The summed E-state index contributed by atoms with van der Waals surface area (Å²) in [6, 6.07) is 2.21. The summed E-state index contributed by atoms with van der Waals surface area (Å²) in [5, 5.41) is 14.6. The van der Waals surface area contributed by atoms with E-state index in [2.05, 4.69) is 10.3 Å². The van der Waals surface area contributed by atoms with Crippen LogP contribution < -0.4 is 10.1 Å². The van der Waals surface area contributed by atoms with Crippen LogP contribution in [0.15, 0.2) is 18.3 Å². The quantitative estimate of drug-likeness (QED) is 0.652. The van der Waals surface area contributed by atoms with Crippen LogP contribution in [0.5, 0.6) is 5.75 Å². The van der Waals surface area contributed by atoms with Gasteiger partial charge < -0.3 is 10.1 Å². The van der Waals surface area contributed by atoms with E-state index in [0.29, 0.717) is 5.56 Å². The van der Waals surface area contributed by atoms with Gasteiger partial charge in [0, 0.05) is 18.3 Å². The maximum atomic E-state index is 13.8. The zero-order chi connectivity index (χ0) is 15.4. The Morgan fingerprint density at radius 3 is 2.95 bits per heavy atom. The molecule has 0 aliphatic carbocycles. The molecule has 0 aliphatic heterocycles. The second kappa shape index (κ2) is 6.49. The molecule has 0 saturated heterocycles. The molecule has 6 nitrogen and oxygen atoms in total. The number of nitro groups is 1. The first-order chi connectivity index (χ1) is 10.0. The Kier molecular flexibility index (Phi) is 4.69. The molecule has 0 fully saturated rings. The van der Waals surface area contributed by atoms with Crippen molar-refractivity contribution in [3.05, 3.63) is 44.7 Å². The Labute approximate surface area is 124 Å². The minimum absolute atomic E-state index is 0.00324. The smallest absolute Gasteiger partial charge is 0.275 e. The van der Waals surface area contributed by atoms with Gasteiger partial charge in [-0.3, -0.25) is 10.1 Å². The van der Waals surface area contributed by atoms with Crippen molar-refractivity contribution < 1.29 is 14.1 Å². The molecule has 21 heavy (non-hydrogen) atoms. The van der Waals surface area contributed by atoms with Crippen molar-refractivity contribution in [2.24, 2.45) is 0 Å². The van der Waals surface area contributed by atoms with Crippen molar-refractivity contribution in [3.8, 4) is 5.75 Å². The predicted molar refractivity (Wildman–Crippen MR) is 78.4 cm³/mol. The Bertz CT molecular complexity index is 660. The Morgan fingerprint density at radius 2 is 2.29 bits per heavy atom. The number of nitrogens with one attached hydrogen (secondary N) is 1. The highest BCUT2D eigenvalue weighted by atomic mass is 32.1. The van der Waals surface area contributed by atoms with Crippen molar-refractivity contribution in [3.63, 3.8) is 0 Å². The highest BCUT2D eigenvalue weighted by Gasteiger charge is 2.16. The van der Waals surface area contributed by atoms with Crippen molar-refractivity contribution in [1.29, 1.82) is 0 Å². The third-order valence-electron chi connectivity index (χ3n) is 2.70. The van der Waals surface area contributed by atoms with E-state index >= 15 is 0 Å². The minimum Gasteiger partial charge on any atom is -0.485 e. The van der Waals surface area contributed by atoms with Crippen LogP contribution >= 0.6 is 11.3 Å². The fraction of sp³-hybridized carbons (Fsp3) is 0.308. The highest BCUT2D eigenvalue weighted by molar-refractivity contribution is 7.15. The molecule has 1 N–H and O–H groups in total. The molecule has 2 rings (SSSR count). The van der Waals surface area contributed by atoms with Gasteiger partial charge in [0.2, 0.25) is 0 Å². The van der Waals surface area contributed by atoms with Crippen molar-refractivity contribution in [1.82, 2.24) is 4.98 Å². The number of nitro benzene ring substituents is 1. The lowest BCUT2D eigenvalue weighted by Gasteiger charge is -2.07. The van der Waals surface area contributed by atoms with Gasteiger partial charge in [-0.2, -0.15) is 0 Å². The topological polar surface area (TPSA) is 77.3 Å². The van der Waals surface area contributed by atoms with Gasteiger partial charge in [-0.15, -0.1) is 0 Å². The number of hydrogen-bond acceptors (Lipinski definition) is 6. The maximum absolute atomic E-state index is 13.8. The van der Waals surface area contributed by atoms with Crippen LogP contribution in [0, 0.1) is 22.9 Å². The van der Waals surface area contributed by atoms with E-state index in [-0.39, 0.29) is 18.0 Å². The fourth-order valence-corrected chi connectivity index (χ4v) is 2.50. The largest absolute Gasteiger partial charge is 0.485 e. The molecule has 0 aliphatic rings. The summed E-state index contributed by atoms with van der Waals surface area (Å²) < 4.78 is 19.1. The Morgan fingerprint density at radius 1 is 1.52 bits per heavy atom. The fourth-order valence-electron chi connectivity index (χ4n) is 1.71. The number of halogens is 1. The second-order valence-corrected chi connectivity index (χ2v) is 5.39. The monoisotopic (exact) mass is 311 g/mol. The van der Waals surface area contributed by atoms with Crippen LogP contribution in [0.2, 0.25) is 0 Å². The molecule has 0 atom stereocenters. The number of aromatic nitrogens is 1. The lowest BCUT2D eigenvalue weighted by Crippen LogP contribution is -1.99. The molecular weight excluding hydrogens is 297 g/mol. The van der Waals surface area contributed by atoms with Crippen LogP contribution in [0.4, 0.5) is 15.2 Å². The van der Waals surface area contributed by atoms with Crippen LogP contribution in [-0.2, 0) is 6.61 Å². The molecule has 0 unspecified atom stereocenters. The number of benzene rings is 1. The van der Waals surface area contributed by atoms with E-state index in [9.17, 15) is 14.5 Å². The second-order valence-electron chi connectivity index (χ2n) is 4.28. The van der Waals surface area contributed by atoms with E-state index in [1.165, 1.54) is 17.4 Å². The molecule has 0 spiro atoms. The number of hydrogen-bond donors (Lipinski definition) is 1. The zero-order valence-electron chi connectivity index (χ0n) is 11.6. The number of aryl methyl sites for hydroxylation is 1. The van der Waals surface area contributed by atoms with E-state index in [1.807, 2.05) is 6.92 Å². The van der Waals surface area contributed by atoms with Gasteiger partial charge in [0.25, 0.3) is 5.69 Å². The molecule has 1 aromatic heterocycles. The van der Waals surface area contributed by atoms with Gasteiger partial charge in [-0.1, -0.05) is 11.3 Å². The Hall–Kier alpha value is -2.22. The van der Waals surface area contributed by atoms with E-state index < -0.39 is 10.7 Å². The number of nitrogens with zero attached hydrogens (tertiary/aromatic N) is 2. The SMILES string of the molecule is CCNc1ncc(COc2cc(C)c([N+](=O)[O-])cc2F)s1. The number of ether oxygens (including phenoxy) is 1. The third kappa shape index (κ3) is 3.66. The summed E-state index contributed by atoms with van der Waals surface area (Å²) >= 11 is 1.42. The summed E-state index contributed by atoms with van der Waals surface area (Å²) in [6.07, 6.45) is 1.65. The maximum Gasteiger partial charge on any atom is 0.275 e. The Balaban J connectivity index is 2.09. The summed E-state index contributed by atoms with van der Waals surface area (Å²) in [6.45, 7) is 4.44. The number of rotatable bonds is 6. The van der Waals surface area contributed by atoms with Crippen LogP contribution in [-0.4, -0.2) is 16.5 Å². The van der Waals surface area contributed by atoms with Gasteiger partial charge in [-0.25, -0.2) is 9.37 Å². The van der Waals surface area contributed by atoms with E-state index in [0.717, 1.165) is 22.6 Å². The van der Waals surface area contributed by atoms with Crippen LogP contribution in [0.1, 0.15) is 17.4 Å². The van der Waals surface area contributed by atoms with Crippen molar-refractivity contribution in [2.45, 2.75) is 20.5 Å². The molecule has 1 heterocycles. The molecule has 0 radical (unpaired) electrons. The lowest BCUT2D eigenvalue weighted by atomic mass is 10.2. The molecule has 112 valence electrons. The standard InChI is InChI=1S/C13H14FN3O3S/c1-3-15-13-16-6-9(21-13)7-20-12-4-8(2)11(17(18)19)5-10(12)14/h4-6H,3,7H2,1-2H3,(H,15,16). The molecule has 2 aromatic rings. The minimum atomic E-state index is -0.747. The summed E-state index contributed by atoms with van der Waals surface area (Å²) in [5.74, 6) is -0.750. The first-order valence-corrected chi connectivity index (χ1v) is 7.08. The van der Waals surface area contributed by atoms with Gasteiger partial charge in [0.1, 0.15) is 6.61 Å².